The van der Waals surface area contributed by atoms with Crippen molar-refractivity contribution in [1.29, 1.82) is 0 Å². The van der Waals surface area contributed by atoms with Crippen molar-refractivity contribution >= 4 is 24.2 Å². The molecule has 1 N–H and O–H groups in total. The highest BCUT2D eigenvalue weighted by molar-refractivity contribution is 6.26. The highest BCUT2D eigenvalue weighted by Crippen LogP contribution is 2.44. The number of hydrogen-bond donors (Lipinski definition) is 1. The molecule has 1 saturated heterocycles. The first-order chi connectivity index (χ1) is 16.7. The van der Waals surface area contributed by atoms with Crippen LogP contribution in [0.4, 0.5) is 9.59 Å². The fourth-order valence-corrected chi connectivity index (χ4v) is 4.66. The lowest BCUT2D eigenvalue weighted by molar-refractivity contribution is -0.119. The smallest absolute Gasteiger partial charge is 0.410 e. The van der Waals surface area contributed by atoms with Gasteiger partial charge in [0.15, 0.2) is 0 Å². The van der Waals surface area contributed by atoms with Gasteiger partial charge in [0.25, 0.3) is 0 Å². The highest BCUT2D eigenvalue weighted by atomic mass is 16.6. The van der Waals surface area contributed by atoms with Crippen LogP contribution in [0.25, 0.3) is 16.7 Å². The van der Waals surface area contributed by atoms with E-state index in [4.69, 9.17) is 15.0 Å². The fraction of sp³-hybridized carbons (Fsp3) is 0.385. The van der Waals surface area contributed by atoms with Gasteiger partial charge in [-0.1, -0.05) is 48.5 Å². The summed E-state index contributed by atoms with van der Waals surface area (Å²) >= 11 is 0. The molecule has 2 aliphatic rings. The summed E-state index contributed by atoms with van der Waals surface area (Å²) in [5.74, 6) is -1.41. The number of Topliss-reactive ketones (excluding diaryl/α,β-unsaturated/α-hetero) is 1. The van der Waals surface area contributed by atoms with Gasteiger partial charge in [0.1, 0.15) is 12.2 Å². The molecule has 1 aliphatic heterocycles. The minimum Gasteiger partial charge on any atom is -0.449 e. The van der Waals surface area contributed by atoms with Gasteiger partial charge in [-0.15, -0.1) is 0 Å². The summed E-state index contributed by atoms with van der Waals surface area (Å²) in [4.78, 5) is 41.9. The predicted octanol–water partition coefficient (Wildman–Crippen LogP) is 3.63. The summed E-state index contributed by atoms with van der Waals surface area (Å²) in [5.41, 5.74) is 12.5. The maximum atomic E-state index is 12.7. The lowest BCUT2D eigenvalue weighted by atomic mass is 9.98. The molecule has 4 rings (SSSR count). The standard InChI is InChI=1S/C26H28N4O5/c1-26(2,3)35-25(33)30-13-20(23(31)12-28-27)22(14-30)29-24(32)34-15-21-18-10-6-4-8-16(18)17-9-5-7-11-19(17)21/h4-12,20-22H,13-15H2,1-3H3,(H,29,32)/t20-,22-/m0/s1. The normalized spacial score (nSPS) is 18.8. The Bertz CT molecular complexity index is 1150. The van der Waals surface area contributed by atoms with E-state index < -0.39 is 35.5 Å². The summed E-state index contributed by atoms with van der Waals surface area (Å²) in [6.45, 7) is 5.44. The quantitative estimate of drug-likeness (QED) is 0.401. The van der Waals surface area contributed by atoms with Gasteiger partial charge in [0, 0.05) is 19.0 Å². The van der Waals surface area contributed by atoms with Gasteiger partial charge in [-0.3, -0.25) is 4.79 Å². The second-order valence-corrected chi connectivity index (χ2v) is 9.72. The molecule has 1 aliphatic carbocycles. The lowest BCUT2D eigenvalue weighted by Crippen LogP contribution is -2.44. The largest absolute Gasteiger partial charge is 0.449 e. The van der Waals surface area contributed by atoms with E-state index in [1.54, 1.807) is 20.8 Å². The molecule has 2 aromatic carbocycles. The molecule has 1 heterocycles. The number of fused-ring (bicyclic) bond motifs is 3. The number of nitrogens with zero attached hydrogens (tertiary/aromatic N) is 3. The fourth-order valence-electron chi connectivity index (χ4n) is 4.66. The number of ketones is 1. The maximum absolute atomic E-state index is 12.7. The molecule has 0 aromatic heterocycles. The van der Waals surface area contributed by atoms with Crippen molar-refractivity contribution in [1.82, 2.24) is 10.2 Å². The summed E-state index contributed by atoms with van der Waals surface area (Å²) in [6, 6.07) is 15.3. The molecule has 1 fully saturated rings. The molecule has 0 saturated carbocycles. The summed E-state index contributed by atoms with van der Waals surface area (Å²) in [5, 5.41) is 2.71. The van der Waals surface area contributed by atoms with Crippen LogP contribution < -0.4 is 5.32 Å². The summed E-state index contributed by atoms with van der Waals surface area (Å²) in [6.07, 6.45) is -0.509. The molecule has 0 spiro atoms. The first-order valence-electron chi connectivity index (χ1n) is 11.5. The molecule has 2 amide bonds. The predicted molar refractivity (Wildman–Crippen MR) is 128 cm³/mol. The molecule has 2 aromatic rings. The highest BCUT2D eigenvalue weighted by Gasteiger charge is 2.42. The van der Waals surface area contributed by atoms with Crippen molar-refractivity contribution in [3.8, 4) is 11.1 Å². The van der Waals surface area contributed by atoms with E-state index in [1.807, 2.05) is 36.4 Å². The third kappa shape index (κ3) is 5.25. The molecule has 0 bridgehead atoms. The molecule has 0 radical (unpaired) electrons. The first-order valence-corrected chi connectivity index (χ1v) is 11.5. The number of amides is 2. The molecule has 9 nitrogen and oxygen atoms in total. The van der Waals surface area contributed by atoms with Crippen LogP contribution in [0.1, 0.15) is 37.8 Å². The first kappa shape index (κ1) is 24.2. The zero-order valence-electron chi connectivity index (χ0n) is 19.9. The van der Waals surface area contributed by atoms with Gasteiger partial charge in [-0.05, 0) is 43.0 Å². The number of carbonyl (C=O) groups excluding carboxylic acids is 3. The number of ether oxygens (including phenoxy) is 2. The Morgan fingerprint density at radius 3 is 2.23 bits per heavy atom. The Kier molecular flexibility index (Phi) is 6.71. The van der Waals surface area contributed by atoms with Gasteiger partial charge >= 0.3 is 18.4 Å². The Hall–Kier alpha value is -3.97. The van der Waals surface area contributed by atoms with E-state index >= 15 is 0 Å². The van der Waals surface area contributed by atoms with Crippen molar-refractivity contribution in [2.45, 2.75) is 38.3 Å². The monoisotopic (exact) mass is 476 g/mol. The third-order valence-corrected chi connectivity index (χ3v) is 6.17. The molecule has 182 valence electrons. The van der Waals surface area contributed by atoms with Crippen LogP contribution in [0, 0.1) is 5.92 Å². The Labute approximate surface area is 203 Å². The summed E-state index contributed by atoms with van der Waals surface area (Å²) in [7, 11) is 0. The van der Waals surface area contributed by atoms with E-state index in [2.05, 4.69) is 22.2 Å². The number of alkyl carbamates (subject to hydrolysis) is 1. The molecule has 0 unspecified atom stereocenters. The van der Waals surface area contributed by atoms with Crippen molar-refractivity contribution in [3.63, 3.8) is 0 Å². The van der Waals surface area contributed by atoms with Crippen molar-refractivity contribution in [3.05, 3.63) is 65.2 Å². The Morgan fingerprint density at radius 2 is 1.66 bits per heavy atom. The minimum atomic E-state index is -0.793. The van der Waals surface area contributed by atoms with Crippen molar-refractivity contribution in [2.75, 3.05) is 19.7 Å². The van der Waals surface area contributed by atoms with Crippen molar-refractivity contribution < 1.29 is 28.6 Å². The van der Waals surface area contributed by atoms with Crippen LogP contribution in [-0.2, 0) is 14.3 Å². The maximum Gasteiger partial charge on any atom is 0.410 e. The van der Waals surface area contributed by atoms with E-state index in [0.29, 0.717) is 0 Å². The molecule has 35 heavy (non-hydrogen) atoms. The van der Waals surface area contributed by atoms with Crippen LogP contribution in [0.2, 0.25) is 0 Å². The molecule has 2 atom stereocenters. The molecular formula is C26H28N4O5. The van der Waals surface area contributed by atoms with Crippen molar-refractivity contribution in [2.24, 2.45) is 5.92 Å². The molecule has 9 heteroatoms. The van der Waals surface area contributed by atoms with Crippen LogP contribution in [0.15, 0.2) is 48.5 Å². The third-order valence-electron chi connectivity index (χ3n) is 6.17. The average Bonchev–Trinajstić information content (AvgIpc) is 3.36. The molecular weight excluding hydrogens is 448 g/mol. The zero-order chi connectivity index (χ0) is 25.2. The minimum absolute atomic E-state index is 0.0219. The van der Waals surface area contributed by atoms with Gasteiger partial charge < -0.3 is 25.2 Å². The van der Waals surface area contributed by atoms with Gasteiger partial charge in [0.05, 0.1) is 12.0 Å². The van der Waals surface area contributed by atoms with Crippen LogP contribution in [0.3, 0.4) is 0 Å². The zero-order valence-corrected chi connectivity index (χ0v) is 19.9. The topological polar surface area (TPSA) is 121 Å². The number of likely N-dealkylation sites (tertiary alicyclic amines) is 1. The number of nitrogens with one attached hydrogen (secondary N) is 1. The Morgan fingerprint density at radius 1 is 1.06 bits per heavy atom. The second-order valence-electron chi connectivity index (χ2n) is 9.72. The van der Waals surface area contributed by atoms with Crippen LogP contribution >= 0.6 is 0 Å². The van der Waals surface area contributed by atoms with E-state index in [0.717, 1.165) is 28.5 Å². The van der Waals surface area contributed by atoms with Gasteiger partial charge in [-0.2, -0.15) is 4.79 Å². The van der Waals surface area contributed by atoms with Crippen LogP contribution in [0.5, 0.6) is 0 Å². The number of carbonyl (C=O) groups is 3. The van der Waals surface area contributed by atoms with Gasteiger partial charge in [-0.25, -0.2) is 9.59 Å². The van der Waals surface area contributed by atoms with E-state index in [9.17, 15) is 14.4 Å². The van der Waals surface area contributed by atoms with Crippen LogP contribution in [-0.4, -0.2) is 65.2 Å². The lowest BCUT2D eigenvalue weighted by Gasteiger charge is -2.24. The number of hydrogen-bond acceptors (Lipinski definition) is 5. The number of rotatable bonds is 5. The van der Waals surface area contributed by atoms with E-state index in [1.165, 1.54) is 4.90 Å². The number of benzene rings is 2. The second kappa shape index (κ2) is 9.72. The Balaban J connectivity index is 1.44. The van der Waals surface area contributed by atoms with E-state index in [-0.39, 0.29) is 25.6 Å². The average molecular weight is 477 g/mol. The summed E-state index contributed by atoms with van der Waals surface area (Å²) < 4.78 is 11.0. The SMILES string of the molecule is CC(C)(C)OC(=O)N1C[C@H](NC(=O)OCC2c3ccccc3-c3ccccc32)[C@@H](C(=O)C=[N+]=[N-])C1. The van der Waals surface area contributed by atoms with Gasteiger partial charge in [0.2, 0.25) is 5.78 Å².